The zero-order chi connectivity index (χ0) is 47.8. The lowest BCUT2D eigenvalue weighted by molar-refractivity contribution is -0.298. The monoisotopic (exact) mass is 920 g/mol. The number of alkyl carbamates (subject to hydrolysis) is 1. The van der Waals surface area contributed by atoms with Crippen LogP contribution in [0.4, 0.5) is 4.79 Å². The van der Waals surface area contributed by atoms with Crippen LogP contribution in [0.15, 0.2) is 85.1 Å². The number of allylic oxidation sites excluding steroid dienone is 12. The van der Waals surface area contributed by atoms with Crippen LogP contribution < -0.4 is 11.1 Å². The van der Waals surface area contributed by atoms with Crippen LogP contribution >= 0.6 is 0 Å². The fraction of sp³-hybridized carbons (Fsp3) is 0.660. The largest absolute Gasteiger partial charge is 0.462 e. The molecule has 0 aromatic rings. The number of nitrogens with one attached hydrogen (secondary N) is 1. The zero-order valence-electron chi connectivity index (χ0n) is 37.6. The van der Waals surface area contributed by atoms with Crippen molar-refractivity contribution in [1.29, 1.82) is 0 Å². The van der Waals surface area contributed by atoms with E-state index >= 15 is 0 Å². The number of hydrogen-bond donors (Lipinski definition) is 11. The van der Waals surface area contributed by atoms with Gasteiger partial charge in [0.2, 0.25) is 0 Å². The Morgan fingerprint density at radius 2 is 1.25 bits per heavy atom. The van der Waals surface area contributed by atoms with Gasteiger partial charge >= 0.3 is 12.1 Å². The maximum absolute atomic E-state index is 12.6. The number of nitrogens with two attached hydrogens (primary N) is 1. The maximum Gasteiger partial charge on any atom is 0.407 e. The first-order valence-corrected chi connectivity index (χ1v) is 22.5. The summed E-state index contributed by atoms with van der Waals surface area (Å²) >= 11 is 0. The molecule has 12 N–H and O–H groups in total. The molecule has 0 aromatic heterocycles. The number of carbonyl (C=O) groups is 2. The van der Waals surface area contributed by atoms with Gasteiger partial charge in [-0.3, -0.25) is 4.79 Å². The minimum atomic E-state index is -2.09. The van der Waals surface area contributed by atoms with E-state index in [1.54, 1.807) is 51.2 Å². The van der Waals surface area contributed by atoms with Crippen molar-refractivity contribution in [3.05, 3.63) is 85.1 Å². The molecule has 366 valence electrons. The minimum Gasteiger partial charge on any atom is -0.462 e. The predicted octanol–water partition coefficient (Wildman–Crippen LogP) is 1.13. The molecular formula is C47H72N2O16. The van der Waals surface area contributed by atoms with E-state index < -0.39 is 141 Å². The average molecular weight is 921 g/mol. The minimum absolute atomic E-state index is 0.0414. The smallest absolute Gasteiger partial charge is 0.407 e. The van der Waals surface area contributed by atoms with E-state index in [0.717, 1.165) is 0 Å². The molecule has 1 amide bonds. The Morgan fingerprint density at radius 1 is 0.646 bits per heavy atom. The molecule has 4 heterocycles. The predicted molar refractivity (Wildman–Crippen MR) is 237 cm³/mol. The van der Waals surface area contributed by atoms with Gasteiger partial charge < -0.3 is 80.7 Å². The fourth-order valence-electron chi connectivity index (χ4n) is 8.23. The van der Waals surface area contributed by atoms with Crippen LogP contribution in [-0.4, -0.2) is 162 Å². The number of cyclic esters (lactones) is 1. The van der Waals surface area contributed by atoms with E-state index in [0.29, 0.717) is 0 Å². The van der Waals surface area contributed by atoms with Gasteiger partial charge in [0, 0.05) is 37.5 Å². The molecular weight excluding hydrogens is 849 g/mol. The number of aliphatic hydroxyl groups is 9. The first-order chi connectivity index (χ1) is 30.8. The second-order valence-corrected chi connectivity index (χ2v) is 17.8. The van der Waals surface area contributed by atoms with Gasteiger partial charge in [-0.05, 0) is 33.1 Å². The van der Waals surface area contributed by atoms with Crippen LogP contribution in [0.3, 0.4) is 0 Å². The summed E-state index contributed by atoms with van der Waals surface area (Å²) in [5.74, 6) is -3.50. The molecule has 1 unspecified atom stereocenters. The SMILES string of the molecule is C[C@@H]1[C@H](O)[C@@H](C)/C=C/C=C/C=C/C=C/C=C/C=C/C=C/[C@H](O[C@@H]2O[C@H](C)[C@@H](O)[C@H](N)[C@@H]2O)C[C@@H]2O[C@](O)(C[C@@H](O)C[C@@H](O)[C@H](O)CC[C@@H](O)C[C@@H](O)CC(=O)O[C@H]1C)C[C@@H]1OC(=O)NC12. The third-order valence-electron chi connectivity index (χ3n) is 12.3. The van der Waals surface area contributed by atoms with Crippen molar-refractivity contribution in [2.24, 2.45) is 17.6 Å². The van der Waals surface area contributed by atoms with Crippen LogP contribution in [0.5, 0.6) is 0 Å². The van der Waals surface area contributed by atoms with Crippen molar-refractivity contribution in [2.75, 3.05) is 0 Å². The van der Waals surface area contributed by atoms with Crippen molar-refractivity contribution in [3.8, 4) is 0 Å². The molecule has 18 nitrogen and oxygen atoms in total. The van der Waals surface area contributed by atoms with Gasteiger partial charge in [-0.15, -0.1) is 0 Å². The first-order valence-electron chi connectivity index (χ1n) is 22.5. The van der Waals surface area contributed by atoms with Crippen molar-refractivity contribution in [3.63, 3.8) is 0 Å². The van der Waals surface area contributed by atoms with E-state index in [-0.39, 0.29) is 38.0 Å². The van der Waals surface area contributed by atoms with Gasteiger partial charge in [0.1, 0.15) is 18.3 Å². The number of esters is 1. The van der Waals surface area contributed by atoms with Crippen molar-refractivity contribution < 1.29 is 79.2 Å². The second-order valence-electron chi connectivity index (χ2n) is 17.8. The highest BCUT2D eigenvalue weighted by Gasteiger charge is 2.53. The Kier molecular flexibility index (Phi) is 21.7. The van der Waals surface area contributed by atoms with Crippen LogP contribution in [0.1, 0.15) is 79.1 Å². The van der Waals surface area contributed by atoms with Crippen LogP contribution in [0.25, 0.3) is 0 Å². The Bertz CT molecular complexity index is 1700. The van der Waals surface area contributed by atoms with E-state index in [1.165, 1.54) is 0 Å². The number of hydrogen-bond acceptors (Lipinski definition) is 17. The van der Waals surface area contributed by atoms with Crippen LogP contribution in [0.2, 0.25) is 0 Å². The quantitative estimate of drug-likeness (QED) is 0.173. The topological polar surface area (TPSA) is 300 Å². The summed E-state index contributed by atoms with van der Waals surface area (Å²) in [6.45, 7) is 6.84. The molecule has 4 aliphatic heterocycles. The molecule has 4 aliphatic rings. The zero-order valence-corrected chi connectivity index (χ0v) is 37.6. The normalized spacial score (nSPS) is 46.2. The molecule has 3 saturated heterocycles. The maximum atomic E-state index is 12.6. The summed E-state index contributed by atoms with van der Waals surface area (Å²) in [5, 5.41) is 100. The molecule has 0 aromatic carbocycles. The van der Waals surface area contributed by atoms with Crippen molar-refractivity contribution in [1.82, 2.24) is 5.32 Å². The number of carbonyl (C=O) groups excluding carboxylic acids is 2. The fourth-order valence-corrected chi connectivity index (χ4v) is 8.23. The van der Waals surface area contributed by atoms with Crippen molar-refractivity contribution >= 4 is 12.1 Å². The molecule has 3 fully saturated rings. The standard InChI is InChI=1S/C47H72N2O16/c1-27-17-15-13-11-9-7-5-6-8-10-12-14-16-18-34(63-45-44(58)40(48)43(57)30(4)62-45)24-37-41-38(64-46(59)49-41)26-47(60,65-37)25-33(52)22-36(54)35(53)20-19-31(50)21-32(51)23-39(55)61-29(3)28(2)42(27)56/h5-18,27-38,40-45,50-54,56-58,60H,19-26,48H2,1-4H3,(H,49,59)/b6-5+,9-7+,10-8+,13-11+,14-12+,17-15+,18-16+/t27-,28-,29-,30+,31+,32+,33-,34-,35+,36+,37-,38-,40-,41?,42+,43+,44-,45-,47+/m0/s1. The summed E-state index contributed by atoms with van der Waals surface area (Å²) < 4.78 is 29.1. The molecule has 0 spiro atoms. The van der Waals surface area contributed by atoms with Gasteiger partial charge in [-0.1, -0.05) is 98.9 Å². The molecule has 2 bridgehead atoms. The van der Waals surface area contributed by atoms with E-state index in [2.05, 4.69) is 5.32 Å². The third kappa shape index (κ3) is 17.2. The molecule has 0 aliphatic carbocycles. The Labute approximate surface area is 381 Å². The van der Waals surface area contributed by atoms with E-state index in [9.17, 15) is 55.5 Å². The Hall–Kier alpha value is -3.60. The Morgan fingerprint density at radius 3 is 1.88 bits per heavy atom. The molecule has 65 heavy (non-hydrogen) atoms. The van der Waals surface area contributed by atoms with Crippen molar-refractivity contribution in [2.45, 2.75) is 183 Å². The summed E-state index contributed by atoms with van der Waals surface area (Å²) in [7, 11) is 0. The van der Waals surface area contributed by atoms with E-state index in [4.69, 9.17) is 29.4 Å². The van der Waals surface area contributed by atoms with Crippen LogP contribution in [-0.2, 0) is 28.5 Å². The number of fused-ring (bicyclic) bond motifs is 4. The second kappa shape index (κ2) is 26.1. The molecule has 0 saturated carbocycles. The first kappa shape index (κ1) is 54.0. The molecule has 4 rings (SSSR count). The summed E-state index contributed by atoms with van der Waals surface area (Å²) in [4.78, 5) is 25.1. The number of amides is 1. The van der Waals surface area contributed by atoms with Gasteiger partial charge in [0.25, 0.3) is 0 Å². The summed E-state index contributed by atoms with van der Waals surface area (Å²) in [6.07, 6.45) is 6.59. The molecule has 19 atom stereocenters. The molecule has 0 radical (unpaired) electrons. The number of ether oxygens (including phenoxy) is 5. The number of rotatable bonds is 2. The van der Waals surface area contributed by atoms with Crippen LogP contribution in [0, 0.1) is 11.8 Å². The lowest BCUT2D eigenvalue weighted by Gasteiger charge is -2.44. The van der Waals surface area contributed by atoms with Gasteiger partial charge in [-0.25, -0.2) is 4.79 Å². The van der Waals surface area contributed by atoms with Gasteiger partial charge in [0.15, 0.2) is 12.1 Å². The third-order valence-corrected chi connectivity index (χ3v) is 12.3. The van der Waals surface area contributed by atoms with Gasteiger partial charge in [0.05, 0.1) is 79.5 Å². The Balaban J connectivity index is 1.53. The average Bonchev–Trinajstić information content (AvgIpc) is 3.61. The summed E-state index contributed by atoms with van der Waals surface area (Å²) in [5.41, 5.74) is 6.07. The van der Waals surface area contributed by atoms with Gasteiger partial charge in [-0.2, -0.15) is 0 Å². The number of aliphatic hydroxyl groups excluding tert-OH is 8. The van der Waals surface area contributed by atoms with E-state index in [1.807, 2.05) is 61.6 Å². The molecule has 18 heteroatoms. The summed E-state index contributed by atoms with van der Waals surface area (Å²) in [6, 6.07) is -1.84. The lowest BCUT2D eigenvalue weighted by atomic mass is 9.87. The highest BCUT2D eigenvalue weighted by atomic mass is 16.7. The highest BCUT2D eigenvalue weighted by Crippen LogP contribution is 2.38. The highest BCUT2D eigenvalue weighted by molar-refractivity contribution is 5.70. The lowest BCUT2D eigenvalue weighted by Crippen LogP contribution is -2.62.